The third-order valence-electron chi connectivity index (χ3n) is 1.21. The molecule has 0 saturated heterocycles. The van der Waals surface area contributed by atoms with E-state index in [-0.39, 0.29) is 6.47 Å². The van der Waals surface area contributed by atoms with Crippen molar-refractivity contribution in [2.45, 2.75) is 17.7 Å². The normalized spacial score (nSPS) is 20.6. The quantitative estimate of drug-likeness (QED) is 0.247. The van der Waals surface area contributed by atoms with Gasteiger partial charge in [0, 0.05) is 0 Å². The molecule has 0 N–H and O–H groups in total. The van der Waals surface area contributed by atoms with Crippen molar-refractivity contribution >= 4 is 24.0 Å². The lowest BCUT2D eigenvalue weighted by Gasteiger charge is -1.98. The standard InChI is InChI=1S/C5H5ClO3/c6-5(1-2-5)4(8)9-3-7/h3H,1-2H2. The fourth-order valence-corrected chi connectivity index (χ4v) is 0.602. The summed E-state index contributed by atoms with van der Waals surface area (Å²) in [5, 5.41) is 0. The minimum Gasteiger partial charge on any atom is -0.394 e. The Balaban J connectivity index is 2.42. The summed E-state index contributed by atoms with van der Waals surface area (Å²) in [6.07, 6.45) is 1.22. The molecule has 0 bridgehead atoms. The molecule has 0 aromatic carbocycles. The lowest BCUT2D eigenvalue weighted by atomic mass is 10.4. The van der Waals surface area contributed by atoms with Gasteiger partial charge in [0.2, 0.25) is 0 Å². The zero-order chi connectivity index (χ0) is 6.91. The molecule has 0 aromatic heterocycles. The van der Waals surface area contributed by atoms with Gasteiger partial charge in [-0.15, -0.1) is 11.6 Å². The van der Waals surface area contributed by atoms with Crippen LogP contribution < -0.4 is 0 Å². The van der Waals surface area contributed by atoms with Crippen LogP contribution in [0.5, 0.6) is 0 Å². The Morgan fingerprint density at radius 3 is 2.56 bits per heavy atom. The van der Waals surface area contributed by atoms with Gasteiger partial charge in [0.25, 0.3) is 0 Å². The smallest absolute Gasteiger partial charge is 0.334 e. The molecule has 1 aliphatic rings. The van der Waals surface area contributed by atoms with E-state index in [1.807, 2.05) is 0 Å². The van der Waals surface area contributed by atoms with E-state index in [2.05, 4.69) is 4.74 Å². The molecule has 0 aromatic rings. The van der Waals surface area contributed by atoms with Crippen LogP contribution in [0.2, 0.25) is 0 Å². The second-order valence-electron chi connectivity index (χ2n) is 1.97. The molecule has 1 aliphatic carbocycles. The number of carbonyl (C=O) groups is 2. The summed E-state index contributed by atoms with van der Waals surface area (Å²) < 4.78 is 4.02. The van der Waals surface area contributed by atoms with Crippen LogP contribution in [-0.2, 0) is 14.3 Å². The van der Waals surface area contributed by atoms with Crippen LogP contribution in [0.1, 0.15) is 12.8 Å². The molecular weight excluding hydrogens is 144 g/mol. The predicted octanol–water partition coefficient (Wildman–Crippen LogP) is 0.457. The number of alkyl halides is 1. The molecule has 0 amide bonds. The van der Waals surface area contributed by atoms with Crippen LogP contribution in [0, 0.1) is 0 Å². The summed E-state index contributed by atoms with van der Waals surface area (Å²) in [6, 6.07) is 0. The molecule has 0 heterocycles. The number of hydrogen-bond donors (Lipinski definition) is 0. The largest absolute Gasteiger partial charge is 0.394 e. The maximum absolute atomic E-state index is 10.5. The van der Waals surface area contributed by atoms with E-state index in [1.165, 1.54) is 0 Å². The maximum Gasteiger partial charge on any atom is 0.334 e. The minimum absolute atomic E-state index is 0.102. The average Bonchev–Trinajstić information content (AvgIpc) is 2.50. The van der Waals surface area contributed by atoms with E-state index < -0.39 is 10.8 Å². The van der Waals surface area contributed by atoms with Gasteiger partial charge >= 0.3 is 12.4 Å². The molecule has 0 spiro atoms. The summed E-state index contributed by atoms with van der Waals surface area (Å²) in [4.78, 5) is 19.3. The topological polar surface area (TPSA) is 43.4 Å². The first-order chi connectivity index (χ1) is 4.19. The average molecular weight is 149 g/mol. The Hall–Kier alpha value is -0.570. The van der Waals surface area contributed by atoms with Crippen LogP contribution in [0.25, 0.3) is 0 Å². The van der Waals surface area contributed by atoms with Crippen molar-refractivity contribution in [2.75, 3.05) is 0 Å². The zero-order valence-corrected chi connectivity index (χ0v) is 5.35. The summed E-state index contributed by atoms with van der Waals surface area (Å²) in [5.41, 5.74) is 0. The van der Waals surface area contributed by atoms with Crippen molar-refractivity contribution in [3.8, 4) is 0 Å². The van der Waals surface area contributed by atoms with Crippen molar-refractivity contribution < 1.29 is 14.3 Å². The van der Waals surface area contributed by atoms with Gasteiger partial charge in [0.15, 0.2) is 0 Å². The van der Waals surface area contributed by atoms with Crippen molar-refractivity contribution in [1.82, 2.24) is 0 Å². The van der Waals surface area contributed by atoms with E-state index in [9.17, 15) is 9.59 Å². The minimum atomic E-state index is -0.860. The predicted molar refractivity (Wildman–Crippen MR) is 30.0 cm³/mol. The second-order valence-corrected chi connectivity index (χ2v) is 2.69. The SMILES string of the molecule is O=COC(=O)C1(Cl)CC1. The van der Waals surface area contributed by atoms with Crippen molar-refractivity contribution in [3.63, 3.8) is 0 Å². The molecule has 9 heavy (non-hydrogen) atoms. The molecule has 0 unspecified atom stereocenters. The maximum atomic E-state index is 10.5. The Bertz CT molecular complexity index is 150. The van der Waals surface area contributed by atoms with Crippen LogP contribution in [0.4, 0.5) is 0 Å². The zero-order valence-electron chi connectivity index (χ0n) is 4.59. The van der Waals surface area contributed by atoms with Gasteiger partial charge in [-0.25, -0.2) is 4.79 Å². The molecule has 1 rings (SSSR count). The van der Waals surface area contributed by atoms with E-state index >= 15 is 0 Å². The van der Waals surface area contributed by atoms with Gasteiger partial charge in [-0.3, -0.25) is 4.79 Å². The van der Waals surface area contributed by atoms with Gasteiger partial charge in [0.1, 0.15) is 4.87 Å². The van der Waals surface area contributed by atoms with Crippen molar-refractivity contribution in [2.24, 2.45) is 0 Å². The fraction of sp³-hybridized carbons (Fsp3) is 0.600. The number of halogens is 1. The van der Waals surface area contributed by atoms with Gasteiger partial charge in [-0.2, -0.15) is 0 Å². The van der Waals surface area contributed by atoms with Gasteiger partial charge in [-0.1, -0.05) is 0 Å². The first-order valence-corrected chi connectivity index (χ1v) is 2.90. The number of ether oxygens (including phenoxy) is 1. The third kappa shape index (κ3) is 1.21. The van der Waals surface area contributed by atoms with E-state index in [1.54, 1.807) is 0 Å². The molecule has 0 radical (unpaired) electrons. The van der Waals surface area contributed by atoms with Gasteiger partial charge in [-0.05, 0) is 12.8 Å². The Labute approximate surface area is 56.9 Å². The lowest BCUT2D eigenvalue weighted by molar-refractivity contribution is -0.151. The fourth-order valence-electron chi connectivity index (χ4n) is 0.463. The molecule has 50 valence electrons. The Kier molecular flexibility index (Phi) is 1.45. The number of rotatable bonds is 2. The monoisotopic (exact) mass is 148 g/mol. The molecule has 4 heteroatoms. The molecule has 0 atom stereocenters. The lowest BCUT2D eigenvalue weighted by Crippen LogP contribution is -2.17. The van der Waals surface area contributed by atoms with Crippen LogP contribution in [0.3, 0.4) is 0 Å². The Morgan fingerprint density at radius 1 is 1.67 bits per heavy atom. The molecule has 1 fully saturated rings. The van der Waals surface area contributed by atoms with E-state index in [0.29, 0.717) is 12.8 Å². The Morgan fingerprint density at radius 2 is 2.22 bits per heavy atom. The highest BCUT2D eigenvalue weighted by molar-refractivity contribution is 6.36. The second kappa shape index (κ2) is 1.99. The summed E-state index contributed by atoms with van der Waals surface area (Å²) in [6.45, 7) is 0.102. The molecule has 0 aliphatic heterocycles. The van der Waals surface area contributed by atoms with Crippen molar-refractivity contribution in [3.05, 3.63) is 0 Å². The van der Waals surface area contributed by atoms with E-state index in [4.69, 9.17) is 11.6 Å². The van der Waals surface area contributed by atoms with Crippen molar-refractivity contribution in [1.29, 1.82) is 0 Å². The van der Waals surface area contributed by atoms with Gasteiger partial charge in [0.05, 0.1) is 0 Å². The number of carbonyl (C=O) groups excluding carboxylic acids is 2. The molecular formula is C5H5ClO3. The van der Waals surface area contributed by atoms with E-state index in [0.717, 1.165) is 0 Å². The summed E-state index contributed by atoms with van der Waals surface area (Å²) >= 11 is 5.54. The van der Waals surface area contributed by atoms with Crippen LogP contribution in [-0.4, -0.2) is 17.3 Å². The number of esters is 1. The summed E-state index contributed by atoms with van der Waals surface area (Å²) in [7, 11) is 0. The third-order valence-corrected chi connectivity index (χ3v) is 1.74. The first kappa shape index (κ1) is 6.55. The number of hydrogen-bond acceptors (Lipinski definition) is 3. The molecule has 3 nitrogen and oxygen atoms in total. The first-order valence-electron chi connectivity index (χ1n) is 2.53. The van der Waals surface area contributed by atoms with Gasteiger partial charge < -0.3 is 4.74 Å². The summed E-state index contributed by atoms with van der Waals surface area (Å²) in [5.74, 6) is -0.626. The molecule has 1 saturated carbocycles. The highest BCUT2D eigenvalue weighted by atomic mass is 35.5. The highest BCUT2D eigenvalue weighted by Gasteiger charge is 2.49. The highest BCUT2D eigenvalue weighted by Crippen LogP contribution is 2.43. The van der Waals surface area contributed by atoms with Crippen LogP contribution in [0.15, 0.2) is 0 Å². The van der Waals surface area contributed by atoms with Crippen LogP contribution >= 0.6 is 11.6 Å².